The van der Waals surface area contributed by atoms with Crippen molar-refractivity contribution in [3.8, 4) is 11.5 Å². The number of aliphatic carboxylic acids is 3. The molecule has 0 radical (unpaired) electrons. The van der Waals surface area contributed by atoms with Gasteiger partial charge in [0.25, 0.3) is 5.70 Å². The lowest BCUT2D eigenvalue weighted by molar-refractivity contribution is -0.374. The smallest absolute Gasteiger partial charge is 0.336 e. The first-order valence-corrected chi connectivity index (χ1v) is 15.1. The van der Waals surface area contributed by atoms with Gasteiger partial charge in [0, 0.05) is 0 Å². The third-order valence-electron chi connectivity index (χ3n) is 7.04. The van der Waals surface area contributed by atoms with Crippen LogP contribution in [0.4, 0.5) is 0 Å². The third kappa shape index (κ3) is 12.9. The van der Waals surface area contributed by atoms with Gasteiger partial charge in [-0.05, 0) is 81.0 Å². The predicted octanol–water partition coefficient (Wildman–Crippen LogP) is 5.14. The first kappa shape index (κ1) is 38.9. The highest BCUT2D eigenvalue weighted by Crippen LogP contribution is 2.34. The minimum absolute atomic E-state index is 0.0576. The summed E-state index contributed by atoms with van der Waals surface area (Å²) < 4.78 is 11.2. The van der Waals surface area contributed by atoms with Gasteiger partial charge in [0.1, 0.15) is 11.5 Å². The number of nitro groups is 1. The van der Waals surface area contributed by atoms with Gasteiger partial charge in [-0.3, -0.25) is 19.7 Å². The number of rotatable bonds is 18. The summed E-state index contributed by atoms with van der Waals surface area (Å²) in [6, 6.07) is 23.9. The SMILES string of the molecule is COc1ccc(/C(=C(/c2ccccc2)[N+](=O)[O-])c2ccc(OCCCCCCN(C)C)cc2)cc1.O=C(O)CC(O)(CC(=O)O)C(=O)O. The maximum absolute atomic E-state index is 12.3. The average molecular weight is 667 g/mol. The summed E-state index contributed by atoms with van der Waals surface area (Å²) in [5.41, 5.74) is -0.0802. The summed E-state index contributed by atoms with van der Waals surface area (Å²) in [5.74, 6) is -3.56. The van der Waals surface area contributed by atoms with E-state index < -0.39 is 36.4 Å². The Kier molecular flexibility index (Phi) is 15.7. The summed E-state index contributed by atoms with van der Waals surface area (Å²) in [4.78, 5) is 44.6. The molecule has 0 aliphatic carbocycles. The molecule has 0 saturated heterocycles. The number of hydrogen-bond acceptors (Lipinski definition) is 9. The van der Waals surface area contributed by atoms with E-state index in [1.807, 2.05) is 66.7 Å². The van der Waals surface area contributed by atoms with Gasteiger partial charge >= 0.3 is 17.9 Å². The number of nitrogens with zero attached hydrogens (tertiary/aromatic N) is 2. The van der Waals surface area contributed by atoms with Gasteiger partial charge < -0.3 is 34.8 Å². The van der Waals surface area contributed by atoms with E-state index in [1.165, 1.54) is 12.8 Å². The Labute approximate surface area is 278 Å². The zero-order valence-corrected chi connectivity index (χ0v) is 27.2. The molecule has 0 bridgehead atoms. The topological polar surface area (TPSA) is 197 Å². The van der Waals surface area contributed by atoms with E-state index >= 15 is 0 Å². The minimum Gasteiger partial charge on any atom is -0.497 e. The molecular weight excluding hydrogens is 624 g/mol. The Balaban J connectivity index is 0.000000521. The Morgan fingerprint density at radius 3 is 1.69 bits per heavy atom. The van der Waals surface area contributed by atoms with Crippen molar-refractivity contribution in [1.82, 2.24) is 4.90 Å². The molecule has 0 aliphatic rings. The highest BCUT2D eigenvalue weighted by Gasteiger charge is 2.40. The first-order chi connectivity index (χ1) is 22.8. The second kappa shape index (κ2) is 19.4. The molecule has 0 amide bonds. The molecule has 0 heterocycles. The van der Waals surface area contributed by atoms with E-state index in [0.717, 1.165) is 36.3 Å². The molecule has 13 heteroatoms. The summed E-state index contributed by atoms with van der Waals surface area (Å²) in [6.45, 7) is 1.77. The first-order valence-electron chi connectivity index (χ1n) is 15.1. The molecule has 3 rings (SSSR count). The van der Waals surface area contributed by atoms with Crippen molar-refractivity contribution >= 4 is 29.2 Å². The fourth-order valence-electron chi connectivity index (χ4n) is 4.64. The van der Waals surface area contributed by atoms with Crippen LogP contribution in [0.2, 0.25) is 0 Å². The van der Waals surface area contributed by atoms with Crippen LogP contribution in [0.3, 0.4) is 0 Å². The lowest BCUT2D eigenvalue weighted by atomic mass is 9.93. The molecule has 0 aliphatic heterocycles. The van der Waals surface area contributed by atoms with Gasteiger partial charge in [-0.1, -0.05) is 55.3 Å². The molecule has 0 unspecified atom stereocenters. The van der Waals surface area contributed by atoms with Crippen molar-refractivity contribution in [1.29, 1.82) is 0 Å². The molecule has 4 N–H and O–H groups in total. The Bertz CT molecular complexity index is 1500. The standard InChI is InChI=1S/C29H34N2O4.C6H8O7/c1-30(2)21-9-4-5-10-22-35-27-19-15-24(16-20-27)28(23-13-17-26(34-3)18-14-23)29(31(32)33)25-11-7-6-8-12-25;7-3(8)1-6(13,5(11)12)2-4(9)10/h6-8,11-20H,4-5,9-10,21-22H2,1-3H3;13H,1-2H2,(H,7,8)(H,9,10)(H,11,12)/b29-28+;. The predicted molar refractivity (Wildman–Crippen MR) is 178 cm³/mol. The maximum Gasteiger partial charge on any atom is 0.336 e. The van der Waals surface area contributed by atoms with Gasteiger partial charge in [-0.25, -0.2) is 4.79 Å². The van der Waals surface area contributed by atoms with Crippen molar-refractivity contribution in [2.75, 3.05) is 34.4 Å². The zero-order chi connectivity index (χ0) is 35.7. The van der Waals surface area contributed by atoms with Crippen LogP contribution in [0.15, 0.2) is 78.9 Å². The quantitative estimate of drug-likeness (QED) is 0.0605. The Hall–Kier alpha value is -5.27. The van der Waals surface area contributed by atoms with Crippen LogP contribution < -0.4 is 9.47 Å². The largest absolute Gasteiger partial charge is 0.497 e. The Morgan fingerprint density at radius 2 is 1.25 bits per heavy atom. The molecule has 3 aromatic carbocycles. The van der Waals surface area contributed by atoms with E-state index in [-0.39, 0.29) is 10.6 Å². The van der Waals surface area contributed by atoms with Gasteiger partial charge in [0.05, 0.1) is 42.6 Å². The molecule has 48 heavy (non-hydrogen) atoms. The number of methoxy groups -OCH3 is 1. The zero-order valence-electron chi connectivity index (χ0n) is 27.2. The van der Waals surface area contributed by atoms with Crippen LogP contribution in [0.1, 0.15) is 55.2 Å². The number of ether oxygens (including phenoxy) is 2. The van der Waals surface area contributed by atoms with E-state index in [4.69, 9.17) is 29.9 Å². The van der Waals surface area contributed by atoms with E-state index in [1.54, 1.807) is 19.2 Å². The molecular formula is C35H42N2O11. The molecule has 0 aromatic heterocycles. The van der Waals surface area contributed by atoms with Crippen LogP contribution in [0, 0.1) is 10.1 Å². The summed E-state index contributed by atoms with van der Waals surface area (Å²) in [7, 11) is 5.79. The fraction of sp³-hybridized carbons (Fsp3) is 0.343. The monoisotopic (exact) mass is 666 g/mol. The van der Waals surface area contributed by atoms with E-state index in [2.05, 4.69) is 19.0 Å². The Morgan fingerprint density at radius 1 is 0.750 bits per heavy atom. The van der Waals surface area contributed by atoms with Gasteiger partial charge in [-0.2, -0.15) is 0 Å². The normalized spacial score (nSPS) is 11.5. The second-order valence-corrected chi connectivity index (χ2v) is 11.1. The minimum atomic E-state index is -2.74. The second-order valence-electron chi connectivity index (χ2n) is 11.1. The number of carboxylic acid groups (broad SMARTS) is 3. The van der Waals surface area contributed by atoms with Gasteiger partial charge in [0.2, 0.25) is 0 Å². The average Bonchev–Trinajstić information content (AvgIpc) is 3.03. The van der Waals surface area contributed by atoms with E-state index in [0.29, 0.717) is 23.5 Å². The van der Waals surface area contributed by atoms with Crippen molar-refractivity contribution in [3.05, 3.63) is 106 Å². The summed E-state index contributed by atoms with van der Waals surface area (Å²) >= 11 is 0. The number of benzene rings is 3. The van der Waals surface area contributed by atoms with Crippen molar-refractivity contribution < 1.29 is 49.2 Å². The van der Waals surface area contributed by atoms with Crippen LogP contribution in [-0.2, 0) is 14.4 Å². The number of aliphatic hydroxyl groups is 1. The molecule has 3 aromatic rings. The highest BCUT2D eigenvalue weighted by atomic mass is 16.6. The molecule has 0 saturated carbocycles. The number of hydrogen-bond donors (Lipinski definition) is 4. The molecule has 0 spiro atoms. The summed E-state index contributed by atoms with van der Waals surface area (Å²) in [6.07, 6.45) is 2.25. The van der Waals surface area contributed by atoms with Gasteiger partial charge in [-0.15, -0.1) is 0 Å². The van der Waals surface area contributed by atoms with Crippen LogP contribution in [-0.4, -0.2) is 88.1 Å². The van der Waals surface area contributed by atoms with E-state index in [9.17, 15) is 24.5 Å². The maximum atomic E-state index is 12.3. The number of carboxylic acids is 3. The third-order valence-corrected chi connectivity index (χ3v) is 7.04. The number of carbonyl (C=O) groups is 3. The lowest BCUT2D eigenvalue weighted by Gasteiger charge is -2.18. The molecule has 0 fully saturated rings. The molecule has 13 nitrogen and oxygen atoms in total. The fourth-order valence-corrected chi connectivity index (χ4v) is 4.64. The summed E-state index contributed by atoms with van der Waals surface area (Å²) in [5, 5.41) is 46.1. The van der Waals surface area contributed by atoms with Crippen LogP contribution in [0.5, 0.6) is 11.5 Å². The highest BCUT2D eigenvalue weighted by molar-refractivity contribution is 5.95. The van der Waals surface area contributed by atoms with Crippen LogP contribution >= 0.6 is 0 Å². The van der Waals surface area contributed by atoms with Crippen molar-refractivity contribution in [2.45, 2.75) is 44.1 Å². The van der Waals surface area contributed by atoms with Crippen molar-refractivity contribution in [2.24, 2.45) is 0 Å². The van der Waals surface area contributed by atoms with Crippen LogP contribution in [0.25, 0.3) is 11.3 Å². The molecule has 0 atom stereocenters. The number of unbranched alkanes of at least 4 members (excludes halogenated alkanes) is 3. The lowest BCUT2D eigenvalue weighted by Crippen LogP contribution is -2.42. The van der Waals surface area contributed by atoms with Gasteiger partial charge in [0.15, 0.2) is 5.60 Å². The molecule has 258 valence electrons. The van der Waals surface area contributed by atoms with Crippen molar-refractivity contribution in [3.63, 3.8) is 0 Å².